The van der Waals surface area contributed by atoms with E-state index >= 15 is 0 Å². The van der Waals surface area contributed by atoms with Crippen LogP contribution in [0, 0.1) is 0 Å². The first kappa shape index (κ1) is 14.4. The minimum atomic E-state index is -0.0753. The molecule has 1 aromatic rings. The molecule has 0 heterocycles. The van der Waals surface area contributed by atoms with Gasteiger partial charge in [-0.2, -0.15) is 0 Å². The first-order valence-corrected chi connectivity index (χ1v) is 7.67. The van der Waals surface area contributed by atoms with Crippen molar-refractivity contribution in [2.45, 2.75) is 70.5 Å². The average Bonchev–Trinajstić information content (AvgIpc) is 2.46. The summed E-state index contributed by atoms with van der Waals surface area (Å²) in [4.78, 5) is 0. The molecule has 0 aliphatic heterocycles. The lowest BCUT2D eigenvalue weighted by Gasteiger charge is -2.26. The molecule has 1 N–H and O–H groups in total. The summed E-state index contributed by atoms with van der Waals surface area (Å²) in [7, 11) is 0. The summed E-state index contributed by atoms with van der Waals surface area (Å²) in [5.41, 5.74) is 1.39. The maximum atomic E-state index is 9.55. The highest BCUT2D eigenvalue weighted by Crippen LogP contribution is 2.33. The molecule has 2 heteroatoms. The number of hydrogen-bond donors (Lipinski definition) is 1. The number of benzene rings is 1. The zero-order valence-corrected chi connectivity index (χ0v) is 12.1. The van der Waals surface area contributed by atoms with Crippen LogP contribution in [0.2, 0.25) is 0 Å². The van der Waals surface area contributed by atoms with Gasteiger partial charge < -0.3 is 9.84 Å². The predicted octanol–water partition coefficient (Wildman–Crippen LogP) is 4.27. The van der Waals surface area contributed by atoms with Gasteiger partial charge in [-0.05, 0) is 62.1 Å². The van der Waals surface area contributed by atoms with Gasteiger partial charge in [-0.1, -0.05) is 26.0 Å². The van der Waals surface area contributed by atoms with E-state index in [0.717, 1.165) is 44.3 Å². The highest BCUT2D eigenvalue weighted by Gasteiger charge is 2.20. The molecule has 106 valence electrons. The van der Waals surface area contributed by atoms with Crippen molar-refractivity contribution >= 4 is 0 Å². The summed E-state index contributed by atoms with van der Waals surface area (Å²) >= 11 is 0. The van der Waals surface area contributed by atoms with Gasteiger partial charge in [0, 0.05) is 0 Å². The zero-order chi connectivity index (χ0) is 13.7. The van der Waals surface area contributed by atoms with E-state index in [1.54, 1.807) is 0 Å². The van der Waals surface area contributed by atoms with Gasteiger partial charge in [-0.25, -0.2) is 0 Å². The lowest BCUT2D eigenvalue weighted by Crippen LogP contribution is -2.17. The van der Waals surface area contributed by atoms with E-state index in [2.05, 4.69) is 38.1 Å². The molecule has 0 unspecified atom stereocenters. The Morgan fingerprint density at radius 1 is 1.05 bits per heavy atom. The molecule has 0 bridgehead atoms. The smallest absolute Gasteiger partial charge is 0.119 e. The second-order valence-corrected chi connectivity index (χ2v) is 5.63. The summed E-state index contributed by atoms with van der Waals surface area (Å²) in [6.07, 6.45) is 6.46. The standard InChI is InChI=1S/C17H26O2/c1-3-16(4-2)19-17-11-7-14(8-12-17)13-5-9-15(18)10-6-13/h7-8,11-13,15-16,18H,3-6,9-10H2,1-2H3/t13-,15-. The van der Waals surface area contributed by atoms with Crippen molar-refractivity contribution in [3.05, 3.63) is 29.8 Å². The Balaban J connectivity index is 1.94. The molecule has 1 fully saturated rings. The molecule has 0 atom stereocenters. The number of aliphatic hydroxyl groups excluding tert-OH is 1. The van der Waals surface area contributed by atoms with Gasteiger partial charge in [0.15, 0.2) is 0 Å². The molecular formula is C17H26O2. The zero-order valence-electron chi connectivity index (χ0n) is 12.1. The van der Waals surface area contributed by atoms with E-state index in [-0.39, 0.29) is 6.10 Å². The van der Waals surface area contributed by atoms with Crippen molar-refractivity contribution in [3.8, 4) is 5.75 Å². The van der Waals surface area contributed by atoms with Gasteiger partial charge in [-0.15, -0.1) is 0 Å². The minimum Gasteiger partial charge on any atom is -0.490 e. The number of ether oxygens (including phenoxy) is 1. The van der Waals surface area contributed by atoms with E-state index in [1.165, 1.54) is 5.56 Å². The van der Waals surface area contributed by atoms with Crippen LogP contribution < -0.4 is 4.74 Å². The first-order chi connectivity index (χ1) is 9.22. The molecule has 2 rings (SSSR count). The largest absolute Gasteiger partial charge is 0.490 e. The van der Waals surface area contributed by atoms with Gasteiger partial charge in [0.25, 0.3) is 0 Å². The van der Waals surface area contributed by atoms with Crippen LogP contribution in [0.1, 0.15) is 63.9 Å². The second-order valence-electron chi connectivity index (χ2n) is 5.63. The molecule has 0 radical (unpaired) electrons. The van der Waals surface area contributed by atoms with Crippen molar-refractivity contribution in [2.24, 2.45) is 0 Å². The number of rotatable bonds is 5. The lowest BCUT2D eigenvalue weighted by molar-refractivity contribution is 0.122. The topological polar surface area (TPSA) is 29.5 Å². The minimum absolute atomic E-state index is 0.0753. The Hall–Kier alpha value is -1.02. The van der Waals surface area contributed by atoms with Crippen LogP contribution in [0.3, 0.4) is 0 Å². The summed E-state index contributed by atoms with van der Waals surface area (Å²) in [5, 5.41) is 9.55. The predicted molar refractivity (Wildman–Crippen MR) is 78.7 cm³/mol. The molecule has 0 amide bonds. The van der Waals surface area contributed by atoms with E-state index in [0.29, 0.717) is 12.0 Å². The fourth-order valence-corrected chi connectivity index (χ4v) is 2.88. The van der Waals surface area contributed by atoms with Gasteiger partial charge in [0.1, 0.15) is 5.75 Å². The first-order valence-electron chi connectivity index (χ1n) is 7.67. The molecule has 1 aliphatic rings. The van der Waals surface area contributed by atoms with Crippen LogP contribution in [0.15, 0.2) is 24.3 Å². The van der Waals surface area contributed by atoms with E-state index in [4.69, 9.17) is 4.74 Å². The third-order valence-corrected chi connectivity index (χ3v) is 4.26. The molecule has 0 spiro atoms. The highest BCUT2D eigenvalue weighted by atomic mass is 16.5. The lowest BCUT2D eigenvalue weighted by atomic mass is 9.83. The fourth-order valence-electron chi connectivity index (χ4n) is 2.88. The highest BCUT2D eigenvalue weighted by molar-refractivity contribution is 5.30. The van der Waals surface area contributed by atoms with Gasteiger partial charge in [0.2, 0.25) is 0 Å². The molecule has 19 heavy (non-hydrogen) atoms. The van der Waals surface area contributed by atoms with Crippen LogP contribution in [0.5, 0.6) is 5.75 Å². The molecule has 0 aromatic heterocycles. The second kappa shape index (κ2) is 6.95. The Morgan fingerprint density at radius 3 is 2.16 bits per heavy atom. The van der Waals surface area contributed by atoms with Crippen LogP contribution in [0.25, 0.3) is 0 Å². The molecule has 1 aromatic carbocycles. The molecule has 0 saturated heterocycles. The molecule has 1 aliphatic carbocycles. The van der Waals surface area contributed by atoms with E-state index in [9.17, 15) is 5.11 Å². The van der Waals surface area contributed by atoms with Crippen molar-refractivity contribution in [2.75, 3.05) is 0 Å². The van der Waals surface area contributed by atoms with Gasteiger partial charge >= 0.3 is 0 Å². The maximum Gasteiger partial charge on any atom is 0.119 e. The monoisotopic (exact) mass is 262 g/mol. The van der Waals surface area contributed by atoms with E-state index < -0.39 is 0 Å². The Kier molecular flexibility index (Phi) is 5.26. The van der Waals surface area contributed by atoms with Crippen molar-refractivity contribution in [3.63, 3.8) is 0 Å². The fraction of sp³-hybridized carbons (Fsp3) is 0.647. The summed E-state index contributed by atoms with van der Waals surface area (Å²) in [6, 6.07) is 8.58. The Labute approximate surface area is 116 Å². The van der Waals surface area contributed by atoms with Crippen LogP contribution in [-0.4, -0.2) is 17.3 Å². The van der Waals surface area contributed by atoms with Crippen LogP contribution in [0.4, 0.5) is 0 Å². The van der Waals surface area contributed by atoms with Crippen molar-refractivity contribution < 1.29 is 9.84 Å². The van der Waals surface area contributed by atoms with Gasteiger partial charge in [0.05, 0.1) is 12.2 Å². The van der Waals surface area contributed by atoms with Crippen LogP contribution in [-0.2, 0) is 0 Å². The quantitative estimate of drug-likeness (QED) is 0.858. The summed E-state index contributed by atoms with van der Waals surface area (Å²) in [5.74, 6) is 1.60. The number of hydrogen-bond acceptors (Lipinski definition) is 2. The maximum absolute atomic E-state index is 9.55. The third-order valence-electron chi connectivity index (χ3n) is 4.26. The Bertz CT molecular complexity index is 359. The van der Waals surface area contributed by atoms with Crippen molar-refractivity contribution in [1.29, 1.82) is 0 Å². The van der Waals surface area contributed by atoms with Crippen molar-refractivity contribution in [1.82, 2.24) is 0 Å². The van der Waals surface area contributed by atoms with Crippen LogP contribution >= 0.6 is 0 Å². The van der Waals surface area contributed by atoms with Gasteiger partial charge in [-0.3, -0.25) is 0 Å². The molecular weight excluding hydrogens is 236 g/mol. The SMILES string of the molecule is CCC(CC)Oc1ccc([C@H]2CC[C@H](O)CC2)cc1. The summed E-state index contributed by atoms with van der Waals surface area (Å²) < 4.78 is 5.93. The molecule has 1 saturated carbocycles. The normalized spacial score (nSPS) is 23.6. The third kappa shape index (κ3) is 3.97. The molecule has 2 nitrogen and oxygen atoms in total. The summed E-state index contributed by atoms with van der Waals surface area (Å²) in [6.45, 7) is 4.33. The average molecular weight is 262 g/mol. The number of aliphatic hydroxyl groups is 1. The van der Waals surface area contributed by atoms with E-state index in [1.807, 2.05) is 0 Å². The Morgan fingerprint density at radius 2 is 1.63 bits per heavy atom.